The third-order valence-corrected chi connectivity index (χ3v) is 2.40. The zero-order chi connectivity index (χ0) is 13.1. The van der Waals surface area contributed by atoms with E-state index < -0.39 is 12.2 Å². The van der Waals surface area contributed by atoms with Gasteiger partial charge in [-0.15, -0.1) is 0 Å². The molecule has 6 nitrogen and oxygen atoms in total. The molecule has 0 atom stereocenters. The van der Waals surface area contributed by atoms with Crippen molar-refractivity contribution in [3.8, 4) is 0 Å². The van der Waals surface area contributed by atoms with E-state index in [0.717, 1.165) is 5.39 Å². The van der Waals surface area contributed by atoms with Gasteiger partial charge in [0.1, 0.15) is 0 Å². The molecule has 4 N–H and O–H groups in total. The Bertz CT molecular complexity index is 625. The van der Waals surface area contributed by atoms with Crippen molar-refractivity contribution in [3.63, 3.8) is 0 Å². The maximum absolute atomic E-state index is 10.8. The van der Waals surface area contributed by atoms with Gasteiger partial charge in [-0.1, -0.05) is 30.3 Å². The van der Waals surface area contributed by atoms with Crippen LogP contribution in [-0.4, -0.2) is 22.4 Å². The fourth-order valence-electron chi connectivity index (χ4n) is 1.73. The lowest BCUT2D eigenvalue weighted by Gasteiger charge is -2.12. The number of carbonyl (C=O) groups is 2. The molecule has 6 heteroatoms. The molecule has 2 amide bonds. The van der Waals surface area contributed by atoms with E-state index in [1.54, 1.807) is 18.2 Å². The maximum atomic E-state index is 10.8. The fraction of sp³-hybridized carbons (Fsp3) is 0. The highest BCUT2D eigenvalue weighted by molar-refractivity contribution is 6.07. The minimum atomic E-state index is -1.25. The number of hydrogen-bond acceptors (Lipinski definition) is 2. The van der Waals surface area contributed by atoms with Gasteiger partial charge >= 0.3 is 12.2 Å². The Morgan fingerprint density at radius 3 is 2.22 bits per heavy atom. The molecule has 0 saturated heterocycles. The standard InChI is InChI=1S/C12H10N2O4/c15-11(16)13-9-6-5-7-3-1-2-4-8(7)10(9)14-12(17)18/h1-6,13-14H,(H,15,16)(H,17,18). The van der Waals surface area contributed by atoms with Gasteiger partial charge in [0.25, 0.3) is 0 Å². The predicted molar refractivity (Wildman–Crippen MR) is 67.2 cm³/mol. The molecule has 0 aliphatic carbocycles. The van der Waals surface area contributed by atoms with E-state index in [0.29, 0.717) is 5.39 Å². The van der Waals surface area contributed by atoms with Crippen molar-refractivity contribution >= 4 is 34.3 Å². The van der Waals surface area contributed by atoms with E-state index in [4.69, 9.17) is 10.2 Å². The number of hydrogen-bond donors (Lipinski definition) is 4. The molecule has 0 aliphatic heterocycles. The Labute approximate surface area is 102 Å². The number of rotatable bonds is 2. The largest absolute Gasteiger partial charge is 0.465 e. The SMILES string of the molecule is O=C(O)Nc1ccc2ccccc2c1NC(=O)O. The molecular weight excluding hydrogens is 236 g/mol. The molecule has 18 heavy (non-hydrogen) atoms. The van der Waals surface area contributed by atoms with Gasteiger partial charge in [-0.2, -0.15) is 0 Å². The van der Waals surface area contributed by atoms with Crippen molar-refractivity contribution in [2.45, 2.75) is 0 Å². The first-order valence-electron chi connectivity index (χ1n) is 5.09. The minimum Gasteiger partial charge on any atom is -0.465 e. The number of nitrogens with one attached hydrogen (secondary N) is 2. The molecule has 0 aliphatic rings. The van der Waals surface area contributed by atoms with Crippen LogP contribution in [0.3, 0.4) is 0 Å². The molecule has 0 fully saturated rings. The highest BCUT2D eigenvalue weighted by Crippen LogP contribution is 2.31. The summed E-state index contributed by atoms with van der Waals surface area (Å²) in [6, 6.07) is 10.3. The highest BCUT2D eigenvalue weighted by atomic mass is 16.4. The summed E-state index contributed by atoms with van der Waals surface area (Å²) in [5.41, 5.74) is 0.423. The Morgan fingerprint density at radius 1 is 0.889 bits per heavy atom. The first-order chi connectivity index (χ1) is 8.58. The fourth-order valence-corrected chi connectivity index (χ4v) is 1.73. The third-order valence-electron chi connectivity index (χ3n) is 2.40. The van der Waals surface area contributed by atoms with Crippen LogP contribution in [0.4, 0.5) is 21.0 Å². The molecule has 2 rings (SSSR count). The van der Waals surface area contributed by atoms with Crippen LogP contribution in [0.25, 0.3) is 10.8 Å². The van der Waals surface area contributed by atoms with Crippen LogP contribution in [0.5, 0.6) is 0 Å². The van der Waals surface area contributed by atoms with Gasteiger partial charge in [-0.3, -0.25) is 10.6 Å². The summed E-state index contributed by atoms with van der Waals surface area (Å²) in [6.45, 7) is 0. The minimum absolute atomic E-state index is 0.198. The van der Waals surface area contributed by atoms with Gasteiger partial charge < -0.3 is 10.2 Å². The van der Waals surface area contributed by atoms with E-state index in [1.165, 1.54) is 6.07 Å². The zero-order valence-electron chi connectivity index (χ0n) is 9.18. The third kappa shape index (κ3) is 2.32. The van der Waals surface area contributed by atoms with Gasteiger partial charge in [0.05, 0.1) is 11.4 Å². The van der Waals surface area contributed by atoms with Crippen molar-refractivity contribution in [2.75, 3.05) is 10.6 Å². The molecule has 0 saturated carbocycles. The monoisotopic (exact) mass is 246 g/mol. The van der Waals surface area contributed by atoms with E-state index in [9.17, 15) is 9.59 Å². The average molecular weight is 246 g/mol. The summed E-state index contributed by atoms with van der Waals surface area (Å²) in [5, 5.41) is 23.3. The molecule has 92 valence electrons. The number of benzene rings is 2. The van der Waals surface area contributed by atoms with Crippen LogP contribution in [0.2, 0.25) is 0 Å². The topological polar surface area (TPSA) is 98.7 Å². The lowest BCUT2D eigenvalue weighted by atomic mass is 10.1. The van der Waals surface area contributed by atoms with Crippen molar-refractivity contribution in [2.24, 2.45) is 0 Å². The van der Waals surface area contributed by atoms with E-state index in [-0.39, 0.29) is 11.4 Å². The second kappa shape index (κ2) is 4.62. The van der Waals surface area contributed by atoms with Crippen molar-refractivity contribution in [1.29, 1.82) is 0 Å². The second-order valence-corrected chi connectivity index (χ2v) is 3.57. The van der Waals surface area contributed by atoms with Crippen LogP contribution in [0.1, 0.15) is 0 Å². The molecule has 0 unspecified atom stereocenters. The molecule has 0 bridgehead atoms. The summed E-state index contributed by atoms with van der Waals surface area (Å²) < 4.78 is 0. The Kier molecular flexibility index (Phi) is 3.01. The molecule has 0 aromatic heterocycles. The smallest absolute Gasteiger partial charge is 0.409 e. The van der Waals surface area contributed by atoms with Crippen LogP contribution in [0, 0.1) is 0 Å². The number of amides is 2. The zero-order valence-corrected chi connectivity index (χ0v) is 9.18. The first-order valence-corrected chi connectivity index (χ1v) is 5.09. The summed E-state index contributed by atoms with van der Waals surface area (Å²) >= 11 is 0. The molecule has 2 aromatic carbocycles. The Balaban J connectivity index is 2.62. The quantitative estimate of drug-likeness (QED) is 0.654. The van der Waals surface area contributed by atoms with Crippen LogP contribution in [0.15, 0.2) is 36.4 Å². The van der Waals surface area contributed by atoms with E-state index in [2.05, 4.69) is 10.6 Å². The van der Waals surface area contributed by atoms with Crippen molar-refractivity contribution in [3.05, 3.63) is 36.4 Å². The molecule has 0 spiro atoms. The highest BCUT2D eigenvalue weighted by Gasteiger charge is 2.11. The van der Waals surface area contributed by atoms with E-state index >= 15 is 0 Å². The average Bonchev–Trinajstić information content (AvgIpc) is 2.31. The molecule has 0 radical (unpaired) electrons. The second-order valence-electron chi connectivity index (χ2n) is 3.57. The number of carboxylic acid groups (broad SMARTS) is 2. The Hall–Kier alpha value is -2.76. The van der Waals surface area contributed by atoms with Crippen molar-refractivity contribution in [1.82, 2.24) is 0 Å². The number of anilines is 2. The summed E-state index contributed by atoms with van der Waals surface area (Å²) in [4.78, 5) is 21.4. The van der Waals surface area contributed by atoms with Crippen LogP contribution >= 0.6 is 0 Å². The van der Waals surface area contributed by atoms with Crippen molar-refractivity contribution < 1.29 is 19.8 Å². The van der Waals surface area contributed by atoms with Gasteiger partial charge in [0.15, 0.2) is 0 Å². The van der Waals surface area contributed by atoms with Crippen LogP contribution in [-0.2, 0) is 0 Å². The lowest BCUT2D eigenvalue weighted by Crippen LogP contribution is -2.13. The molecule has 2 aromatic rings. The van der Waals surface area contributed by atoms with Gasteiger partial charge in [-0.05, 0) is 11.5 Å². The van der Waals surface area contributed by atoms with E-state index in [1.807, 2.05) is 12.1 Å². The van der Waals surface area contributed by atoms with Crippen LogP contribution < -0.4 is 10.6 Å². The summed E-state index contributed by atoms with van der Waals surface area (Å²) in [5.74, 6) is 0. The normalized spacial score (nSPS) is 10.0. The predicted octanol–water partition coefficient (Wildman–Crippen LogP) is 3.02. The number of fused-ring (bicyclic) bond motifs is 1. The lowest BCUT2D eigenvalue weighted by molar-refractivity contribution is 0.208. The van der Waals surface area contributed by atoms with Gasteiger partial charge in [0, 0.05) is 5.39 Å². The summed E-state index contributed by atoms with van der Waals surface area (Å²) in [7, 11) is 0. The summed E-state index contributed by atoms with van der Waals surface area (Å²) in [6.07, 6.45) is -2.50. The first kappa shape index (κ1) is 11.7. The van der Waals surface area contributed by atoms with Gasteiger partial charge in [-0.25, -0.2) is 9.59 Å². The Morgan fingerprint density at radius 2 is 1.56 bits per heavy atom. The maximum Gasteiger partial charge on any atom is 0.409 e. The van der Waals surface area contributed by atoms with Gasteiger partial charge in [0.2, 0.25) is 0 Å². The molecule has 0 heterocycles. The molecular formula is C12H10N2O4.